The monoisotopic (exact) mass is 175 g/mol. The third-order valence-corrected chi connectivity index (χ3v) is 2.07. The van der Waals surface area contributed by atoms with Gasteiger partial charge in [0.05, 0.1) is 0 Å². The van der Waals surface area contributed by atoms with E-state index in [2.05, 4.69) is 5.32 Å². The normalized spacial score (nSPS) is 10.8. The molecule has 0 saturated carbocycles. The topological polar surface area (TPSA) is 29.1 Å². The summed E-state index contributed by atoms with van der Waals surface area (Å²) in [5.74, 6) is 0. The summed E-state index contributed by atoms with van der Waals surface area (Å²) in [5, 5.41) is 2.38. The lowest BCUT2D eigenvalue weighted by atomic mass is 10.6. The van der Waals surface area contributed by atoms with Crippen LogP contribution in [-0.4, -0.2) is 10.7 Å². The summed E-state index contributed by atoms with van der Waals surface area (Å²) in [6.07, 6.45) is 2.52. The Labute approximate surface area is 70.1 Å². The fourth-order valence-electron chi connectivity index (χ4n) is 0.283. The molecule has 0 saturated heterocycles. The summed E-state index contributed by atoms with van der Waals surface area (Å²) < 4.78 is 0.491. The quantitative estimate of drug-likeness (QED) is 0.511. The van der Waals surface area contributed by atoms with Gasteiger partial charge in [0, 0.05) is 0 Å². The van der Waals surface area contributed by atoms with Crippen molar-refractivity contribution < 1.29 is 4.79 Å². The number of rotatable bonds is 2. The molecule has 1 N–H and O–H groups in total. The molecular formula is C6H9NOS2. The van der Waals surface area contributed by atoms with E-state index < -0.39 is 0 Å². The van der Waals surface area contributed by atoms with Gasteiger partial charge < -0.3 is 5.32 Å². The molecule has 0 aliphatic heterocycles. The molecule has 10 heavy (non-hydrogen) atoms. The predicted octanol–water partition coefficient (Wildman–Crippen LogP) is 1.67. The smallest absolute Gasteiger partial charge is 0.212 e. The highest BCUT2D eigenvalue weighted by atomic mass is 32.2. The Morgan fingerprint density at radius 2 is 2.30 bits per heavy atom. The van der Waals surface area contributed by atoms with Gasteiger partial charge in [0.15, 0.2) is 0 Å². The maximum Gasteiger partial charge on any atom is 0.212 e. The first kappa shape index (κ1) is 9.65. The van der Waals surface area contributed by atoms with Crippen molar-refractivity contribution in [1.29, 1.82) is 0 Å². The molecule has 0 rings (SSSR count). The molecule has 0 aromatic heterocycles. The molecule has 0 aromatic carbocycles. The van der Waals surface area contributed by atoms with E-state index in [1.807, 2.05) is 19.9 Å². The first-order chi connectivity index (χ1) is 4.70. The van der Waals surface area contributed by atoms with Crippen molar-refractivity contribution >= 4 is 34.7 Å². The number of nitrogens with one attached hydrogen (secondary N) is 1. The number of hydrogen-bond acceptors (Lipinski definition) is 3. The number of amides is 1. The van der Waals surface area contributed by atoms with Gasteiger partial charge in [-0.1, -0.05) is 30.1 Å². The standard InChI is InChI=1S/C6H9NOS2/c1-3-5(2)10-6(9)7-4-8/h3-4H,1-2H3,(H,7,8,9)/b5-3+. The number of hydrogen-bond donors (Lipinski definition) is 1. The molecule has 4 heteroatoms. The summed E-state index contributed by atoms with van der Waals surface area (Å²) in [7, 11) is 0. The fourth-order valence-corrected chi connectivity index (χ4v) is 1.24. The average Bonchev–Trinajstić information content (AvgIpc) is 1.88. The molecule has 2 nitrogen and oxygen atoms in total. The summed E-state index contributed by atoms with van der Waals surface area (Å²) in [6, 6.07) is 0. The van der Waals surface area contributed by atoms with Gasteiger partial charge in [-0.05, 0) is 18.8 Å². The molecular weight excluding hydrogens is 166 g/mol. The minimum absolute atomic E-state index is 0.491. The number of carbonyl (C=O) groups is 1. The van der Waals surface area contributed by atoms with Gasteiger partial charge in [0.1, 0.15) is 4.32 Å². The molecule has 0 fully saturated rings. The van der Waals surface area contributed by atoms with Gasteiger partial charge in [-0.15, -0.1) is 0 Å². The van der Waals surface area contributed by atoms with Crippen LogP contribution in [0.1, 0.15) is 13.8 Å². The highest BCUT2D eigenvalue weighted by Crippen LogP contribution is 2.14. The van der Waals surface area contributed by atoms with Crippen LogP contribution in [0.25, 0.3) is 0 Å². The third kappa shape index (κ3) is 4.52. The largest absolute Gasteiger partial charge is 0.314 e. The lowest BCUT2D eigenvalue weighted by molar-refractivity contribution is -0.108. The van der Waals surface area contributed by atoms with Crippen LogP contribution in [0.2, 0.25) is 0 Å². The second-order valence-corrected chi connectivity index (χ2v) is 3.47. The van der Waals surface area contributed by atoms with Crippen LogP contribution in [0, 0.1) is 0 Å². The van der Waals surface area contributed by atoms with Crippen LogP contribution < -0.4 is 5.32 Å². The summed E-state index contributed by atoms with van der Waals surface area (Å²) in [5.41, 5.74) is 0. The van der Waals surface area contributed by atoms with Crippen LogP contribution in [0.15, 0.2) is 11.0 Å². The van der Waals surface area contributed by atoms with Crippen molar-refractivity contribution in [1.82, 2.24) is 5.32 Å². The molecule has 1 amide bonds. The lowest BCUT2D eigenvalue weighted by Crippen LogP contribution is -2.14. The highest BCUT2D eigenvalue weighted by molar-refractivity contribution is 8.25. The van der Waals surface area contributed by atoms with Crippen molar-refractivity contribution in [2.24, 2.45) is 0 Å². The second kappa shape index (κ2) is 5.44. The van der Waals surface area contributed by atoms with Crippen molar-refractivity contribution in [3.63, 3.8) is 0 Å². The lowest BCUT2D eigenvalue weighted by Gasteiger charge is -1.98. The summed E-state index contributed by atoms with van der Waals surface area (Å²) in [4.78, 5) is 10.9. The van der Waals surface area contributed by atoms with Crippen LogP contribution in [0.4, 0.5) is 0 Å². The Bertz CT molecular complexity index is 165. The second-order valence-electron chi connectivity index (χ2n) is 1.55. The van der Waals surface area contributed by atoms with E-state index in [-0.39, 0.29) is 0 Å². The van der Waals surface area contributed by atoms with Crippen LogP contribution in [0.5, 0.6) is 0 Å². The van der Waals surface area contributed by atoms with Crippen LogP contribution in [-0.2, 0) is 4.79 Å². The Kier molecular flexibility index (Phi) is 5.25. The SMILES string of the molecule is C/C=C(\C)SC(=S)NC=O. The Balaban J connectivity index is 3.68. The third-order valence-electron chi connectivity index (χ3n) is 0.837. The molecule has 0 atom stereocenters. The highest BCUT2D eigenvalue weighted by Gasteiger charge is 1.94. The maximum atomic E-state index is 9.85. The van der Waals surface area contributed by atoms with E-state index in [9.17, 15) is 4.79 Å². The first-order valence-corrected chi connectivity index (χ1v) is 3.98. The maximum absolute atomic E-state index is 9.85. The summed E-state index contributed by atoms with van der Waals surface area (Å²) >= 11 is 6.15. The van der Waals surface area contributed by atoms with Gasteiger partial charge in [0.2, 0.25) is 6.41 Å². The fraction of sp³-hybridized carbons (Fsp3) is 0.333. The molecule has 0 spiro atoms. The van der Waals surface area contributed by atoms with Crippen molar-refractivity contribution in [3.05, 3.63) is 11.0 Å². The van der Waals surface area contributed by atoms with E-state index in [1.54, 1.807) is 0 Å². The van der Waals surface area contributed by atoms with Crippen LogP contribution in [0.3, 0.4) is 0 Å². The molecule has 0 unspecified atom stereocenters. The van der Waals surface area contributed by atoms with Gasteiger partial charge in [-0.3, -0.25) is 4.79 Å². The van der Waals surface area contributed by atoms with Gasteiger partial charge in [-0.2, -0.15) is 0 Å². The number of thiocarbonyl (C=S) groups is 1. The van der Waals surface area contributed by atoms with Crippen molar-refractivity contribution in [2.45, 2.75) is 13.8 Å². The van der Waals surface area contributed by atoms with Gasteiger partial charge in [0.25, 0.3) is 0 Å². The molecule has 0 radical (unpaired) electrons. The molecule has 0 heterocycles. The Hall–Kier alpha value is -0.350. The van der Waals surface area contributed by atoms with Crippen molar-refractivity contribution in [3.8, 4) is 0 Å². The predicted molar refractivity (Wildman–Crippen MR) is 48.8 cm³/mol. The van der Waals surface area contributed by atoms with E-state index >= 15 is 0 Å². The summed E-state index contributed by atoms with van der Waals surface area (Å²) in [6.45, 7) is 3.86. The van der Waals surface area contributed by atoms with E-state index in [1.165, 1.54) is 11.8 Å². The Morgan fingerprint density at radius 3 is 2.70 bits per heavy atom. The molecule has 0 aliphatic carbocycles. The van der Waals surface area contributed by atoms with Crippen LogP contribution >= 0.6 is 24.0 Å². The molecule has 56 valence electrons. The zero-order chi connectivity index (χ0) is 7.98. The zero-order valence-electron chi connectivity index (χ0n) is 5.88. The molecule has 0 aliphatic rings. The zero-order valence-corrected chi connectivity index (χ0v) is 7.51. The minimum Gasteiger partial charge on any atom is -0.314 e. The molecule has 0 bridgehead atoms. The average molecular weight is 175 g/mol. The number of thioether (sulfide) groups is 1. The number of carbonyl (C=O) groups excluding carboxylic acids is 1. The molecule has 0 aromatic rings. The van der Waals surface area contributed by atoms with E-state index in [4.69, 9.17) is 12.2 Å². The first-order valence-electron chi connectivity index (χ1n) is 2.75. The number of allylic oxidation sites excluding steroid dienone is 2. The van der Waals surface area contributed by atoms with E-state index in [0.717, 1.165) is 4.91 Å². The van der Waals surface area contributed by atoms with Crippen molar-refractivity contribution in [2.75, 3.05) is 0 Å². The van der Waals surface area contributed by atoms with E-state index in [0.29, 0.717) is 10.7 Å². The minimum atomic E-state index is 0.491. The van der Waals surface area contributed by atoms with Gasteiger partial charge in [-0.25, -0.2) is 0 Å². The van der Waals surface area contributed by atoms with Gasteiger partial charge >= 0.3 is 0 Å². The Morgan fingerprint density at radius 1 is 1.70 bits per heavy atom.